The van der Waals surface area contributed by atoms with Gasteiger partial charge in [-0.2, -0.15) is 0 Å². The predicted octanol–water partition coefficient (Wildman–Crippen LogP) is 2.53. The molecule has 2 saturated carbocycles. The van der Waals surface area contributed by atoms with Crippen LogP contribution in [0.4, 0.5) is 0 Å². The molecule has 1 heteroatoms. The molecule has 0 aliphatic heterocycles. The molecule has 0 amide bonds. The van der Waals surface area contributed by atoms with E-state index in [-0.39, 0.29) is 0 Å². The number of benzene rings is 1. The third-order valence-electron chi connectivity index (χ3n) is 3.73. The monoisotopic (exact) mass is 187 g/mol. The SMILES string of the molecule is NC(C1CC1)C1CC1c1ccccc1. The van der Waals surface area contributed by atoms with Crippen LogP contribution in [0.3, 0.4) is 0 Å². The molecule has 2 aliphatic carbocycles. The minimum Gasteiger partial charge on any atom is -0.327 e. The first-order chi connectivity index (χ1) is 6.86. The molecule has 74 valence electrons. The quantitative estimate of drug-likeness (QED) is 0.773. The largest absolute Gasteiger partial charge is 0.327 e. The maximum absolute atomic E-state index is 6.21. The highest BCUT2D eigenvalue weighted by molar-refractivity contribution is 5.27. The Morgan fingerprint density at radius 1 is 1.14 bits per heavy atom. The molecule has 1 aromatic rings. The van der Waals surface area contributed by atoms with Gasteiger partial charge in [-0.25, -0.2) is 0 Å². The number of nitrogens with two attached hydrogens (primary N) is 1. The summed E-state index contributed by atoms with van der Waals surface area (Å²) in [5.74, 6) is 2.41. The summed E-state index contributed by atoms with van der Waals surface area (Å²) in [5.41, 5.74) is 7.71. The van der Waals surface area contributed by atoms with Crippen LogP contribution < -0.4 is 5.73 Å². The van der Waals surface area contributed by atoms with Gasteiger partial charge in [0.1, 0.15) is 0 Å². The van der Waals surface area contributed by atoms with Gasteiger partial charge in [-0.1, -0.05) is 30.3 Å². The van der Waals surface area contributed by atoms with Crippen molar-refractivity contribution in [3.63, 3.8) is 0 Å². The molecule has 2 aliphatic rings. The summed E-state index contributed by atoms with van der Waals surface area (Å²) >= 11 is 0. The van der Waals surface area contributed by atoms with Crippen molar-refractivity contribution in [2.75, 3.05) is 0 Å². The molecule has 3 atom stereocenters. The van der Waals surface area contributed by atoms with Gasteiger partial charge in [0.05, 0.1) is 0 Å². The summed E-state index contributed by atoms with van der Waals surface area (Å²) in [6.07, 6.45) is 4.07. The first-order valence-electron chi connectivity index (χ1n) is 5.67. The maximum atomic E-state index is 6.21. The van der Waals surface area contributed by atoms with Crippen LogP contribution in [0.2, 0.25) is 0 Å². The van der Waals surface area contributed by atoms with E-state index in [4.69, 9.17) is 5.73 Å². The summed E-state index contributed by atoms with van der Waals surface area (Å²) in [7, 11) is 0. The first-order valence-corrected chi connectivity index (χ1v) is 5.67. The molecule has 0 radical (unpaired) electrons. The van der Waals surface area contributed by atoms with Gasteiger partial charge in [0.25, 0.3) is 0 Å². The van der Waals surface area contributed by atoms with E-state index >= 15 is 0 Å². The highest BCUT2D eigenvalue weighted by Crippen LogP contribution is 2.53. The fraction of sp³-hybridized carbons (Fsp3) is 0.538. The first kappa shape index (κ1) is 8.49. The molecule has 0 aromatic heterocycles. The van der Waals surface area contributed by atoms with Crippen molar-refractivity contribution in [3.05, 3.63) is 35.9 Å². The molecular weight excluding hydrogens is 170 g/mol. The van der Waals surface area contributed by atoms with Crippen LogP contribution >= 0.6 is 0 Å². The Hall–Kier alpha value is -0.820. The molecule has 2 N–H and O–H groups in total. The fourth-order valence-electron chi connectivity index (χ4n) is 2.55. The van der Waals surface area contributed by atoms with E-state index in [1.807, 2.05) is 0 Å². The van der Waals surface area contributed by atoms with Crippen molar-refractivity contribution in [2.45, 2.75) is 31.2 Å². The third-order valence-corrected chi connectivity index (χ3v) is 3.73. The normalized spacial score (nSPS) is 32.6. The average Bonchev–Trinajstić information content (AvgIpc) is 3.11. The molecule has 3 rings (SSSR count). The second kappa shape index (κ2) is 3.09. The van der Waals surface area contributed by atoms with E-state index in [1.54, 1.807) is 0 Å². The average molecular weight is 187 g/mol. The Morgan fingerprint density at radius 2 is 1.86 bits per heavy atom. The number of hydrogen-bond acceptors (Lipinski definition) is 1. The molecule has 14 heavy (non-hydrogen) atoms. The van der Waals surface area contributed by atoms with Crippen molar-refractivity contribution in [2.24, 2.45) is 17.6 Å². The standard InChI is InChI=1S/C13H17N/c14-13(10-6-7-10)12-8-11(12)9-4-2-1-3-5-9/h1-5,10-13H,6-8,14H2. The summed E-state index contributed by atoms with van der Waals surface area (Å²) in [6.45, 7) is 0. The van der Waals surface area contributed by atoms with Gasteiger partial charge in [0.2, 0.25) is 0 Å². The van der Waals surface area contributed by atoms with Crippen molar-refractivity contribution in [1.82, 2.24) is 0 Å². The Labute approximate surface area is 85.3 Å². The molecule has 0 saturated heterocycles. The van der Waals surface area contributed by atoms with Crippen LogP contribution in [0.15, 0.2) is 30.3 Å². The van der Waals surface area contributed by atoms with Crippen LogP contribution in [-0.4, -0.2) is 6.04 Å². The zero-order valence-corrected chi connectivity index (χ0v) is 8.39. The van der Waals surface area contributed by atoms with Crippen molar-refractivity contribution >= 4 is 0 Å². The van der Waals surface area contributed by atoms with E-state index in [9.17, 15) is 0 Å². The highest BCUT2D eigenvalue weighted by atomic mass is 14.7. The smallest absolute Gasteiger partial charge is 0.0102 e. The molecule has 0 bridgehead atoms. The molecular formula is C13H17N. The Kier molecular flexibility index (Phi) is 1.88. The Bertz CT molecular complexity index is 315. The second-order valence-corrected chi connectivity index (χ2v) is 4.83. The summed E-state index contributed by atoms with van der Waals surface area (Å²) in [4.78, 5) is 0. The fourth-order valence-corrected chi connectivity index (χ4v) is 2.55. The molecule has 0 spiro atoms. The van der Waals surface area contributed by atoms with Crippen LogP contribution in [-0.2, 0) is 0 Å². The van der Waals surface area contributed by atoms with Crippen LogP contribution in [0, 0.1) is 11.8 Å². The lowest BCUT2D eigenvalue weighted by molar-refractivity contribution is 0.520. The highest BCUT2D eigenvalue weighted by Gasteiger charge is 2.47. The van der Waals surface area contributed by atoms with Gasteiger partial charge in [-0.05, 0) is 42.6 Å². The van der Waals surface area contributed by atoms with Crippen molar-refractivity contribution in [1.29, 1.82) is 0 Å². The van der Waals surface area contributed by atoms with Gasteiger partial charge in [0.15, 0.2) is 0 Å². The molecule has 0 heterocycles. The summed E-state index contributed by atoms with van der Waals surface area (Å²) < 4.78 is 0. The number of rotatable bonds is 3. The maximum Gasteiger partial charge on any atom is 0.0102 e. The summed E-state index contributed by atoms with van der Waals surface area (Å²) in [6, 6.07) is 11.3. The Balaban J connectivity index is 1.67. The van der Waals surface area contributed by atoms with Gasteiger partial charge in [-0.3, -0.25) is 0 Å². The lowest BCUT2D eigenvalue weighted by Crippen LogP contribution is -2.25. The van der Waals surface area contributed by atoms with Crippen molar-refractivity contribution in [3.8, 4) is 0 Å². The second-order valence-electron chi connectivity index (χ2n) is 4.83. The minimum absolute atomic E-state index is 0.486. The predicted molar refractivity (Wildman–Crippen MR) is 58.0 cm³/mol. The van der Waals surface area contributed by atoms with Crippen LogP contribution in [0.5, 0.6) is 0 Å². The molecule has 1 nitrogen and oxygen atoms in total. The van der Waals surface area contributed by atoms with Gasteiger partial charge in [0, 0.05) is 6.04 Å². The number of hydrogen-bond donors (Lipinski definition) is 1. The van der Waals surface area contributed by atoms with Gasteiger partial charge >= 0.3 is 0 Å². The van der Waals surface area contributed by atoms with E-state index in [0.717, 1.165) is 17.8 Å². The van der Waals surface area contributed by atoms with Gasteiger partial charge in [-0.15, -0.1) is 0 Å². The van der Waals surface area contributed by atoms with E-state index in [2.05, 4.69) is 30.3 Å². The molecule has 3 unspecified atom stereocenters. The zero-order valence-electron chi connectivity index (χ0n) is 8.39. The summed E-state index contributed by atoms with van der Waals surface area (Å²) in [5, 5.41) is 0. The molecule has 2 fully saturated rings. The van der Waals surface area contributed by atoms with Crippen LogP contribution in [0.1, 0.15) is 30.7 Å². The van der Waals surface area contributed by atoms with E-state index < -0.39 is 0 Å². The van der Waals surface area contributed by atoms with Crippen LogP contribution in [0.25, 0.3) is 0 Å². The topological polar surface area (TPSA) is 26.0 Å². The third kappa shape index (κ3) is 1.46. The van der Waals surface area contributed by atoms with E-state index in [0.29, 0.717) is 6.04 Å². The molecule has 1 aromatic carbocycles. The zero-order chi connectivity index (χ0) is 9.54. The lowest BCUT2D eigenvalue weighted by atomic mass is 10.0. The Morgan fingerprint density at radius 3 is 2.50 bits per heavy atom. The van der Waals surface area contributed by atoms with Gasteiger partial charge < -0.3 is 5.73 Å². The van der Waals surface area contributed by atoms with Crippen molar-refractivity contribution < 1.29 is 0 Å². The minimum atomic E-state index is 0.486. The van der Waals surface area contributed by atoms with E-state index in [1.165, 1.54) is 24.8 Å². The lowest BCUT2D eigenvalue weighted by Gasteiger charge is -2.09.